The van der Waals surface area contributed by atoms with E-state index in [4.69, 9.17) is 9.47 Å². The summed E-state index contributed by atoms with van der Waals surface area (Å²) in [4.78, 5) is 13.9. The molecule has 0 aliphatic heterocycles. The molecule has 0 saturated carbocycles. The Labute approximate surface area is 137 Å². The molecule has 0 bridgehead atoms. The lowest BCUT2D eigenvalue weighted by Crippen LogP contribution is -2.24. The monoisotopic (exact) mass is 311 g/mol. The maximum absolute atomic E-state index is 12.3. The second-order valence-corrected chi connectivity index (χ2v) is 5.08. The van der Waals surface area contributed by atoms with Crippen LogP contribution in [-0.4, -0.2) is 32.1 Å². The van der Waals surface area contributed by atoms with Crippen molar-refractivity contribution in [3.8, 4) is 11.5 Å². The van der Waals surface area contributed by atoms with Crippen LogP contribution < -0.4 is 9.47 Å². The number of rotatable bonds is 6. The minimum Gasteiger partial charge on any atom is -0.496 e. The number of nitrogens with zero attached hydrogens (tertiary/aromatic N) is 1. The Balaban J connectivity index is 2.06. The van der Waals surface area contributed by atoms with Crippen LogP contribution in [0.5, 0.6) is 11.5 Å². The molecule has 0 fully saturated rings. The van der Waals surface area contributed by atoms with E-state index in [1.165, 1.54) is 0 Å². The number of carbonyl (C=O) groups is 1. The van der Waals surface area contributed by atoms with Crippen LogP contribution in [0.4, 0.5) is 0 Å². The number of methoxy groups -OCH3 is 2. The van der Waals surface area contributed by atoms with Gasteiger partial charge in [0, 0.05) is 30.8 Å². The van der Waals surface area contributed by atoms with E-state index in [9.17, 15) is 4.79 Å². The Hall–Kier alpha value is -2.75. The molecule has 0 spiro atoms. The number of para-hydroxylation sites is 2. The summed E-state index contributed by atoms with van der Waals surface area (Å²) in [7, 11) is 5.01. The van der Waals surface area contributed by atoms with Gasteiger partial charge in [-0.2, -0.15) is 0 Å². The van der Waals surface area contributed by atoms with Gasteiger partial charge in [0.05, 0.1) is 14.2 Å². The molecule has 2 aromatic rings. The summed E-state index contributed by atoms with van der Waals surface area (Å²) in [6.45, 7) is 0.485. The van der Waals surface area contributed by atoms with Gasteiger partial charge in [-0.15, -0.1) is 0 Å². The molecule has 23 heavy (non-hydrogen) atoms. The van der Waals surface area contributed by atoms with Crippen molar-refractivity contribution in [1.82, 2.24) is 4.90 Å². The summed E-state index contributed by atoms with van der Waals surface area (Å²) in [6.07, 6.45) is 3.31. The zero-order valence-corrected chi connectivity index (χ0v) is 13.7. The zero-order chi connectivity index (χ0) is 16.7. The lowest BCUT2D eigenvalue weighted by atomic mass is 10.1. The summed E-state index contributed by atoms with van der Waals surface area (Å²) >= 11 is 0. The van der Waals surface area contributed by atoms with Crippen molar-refractivity contribution in [3.63, 3.8) is 0 Å². The molecule has 0 radical (unpaired) electrons. The van der Waals surface area contributed by atoms with E-state index in [2.05, 4.69) is 0 Å². The molecule has 4 heteroatoms. The first-order valence-corrected chi connectivity index (χ1v) is 7.33. The third kappa shape index (κ3) is 4.36. The van der Waals surface area contributed by atoms with E-state index >= 15 is 0 Å². The molecule has 0 heterocycles. The van der Waals surface area contributed by atoms with Crippen molar-refractivity contribution in [3.05, 3.63) is 65.7 Å². The quantitative estimate of drug-likeness (QED) is 0.768. The number of benzene rings is 2. The number of likely N-dealkylation sites (N-methyl/N-ethyl adjacent to an activating group) is 1. The van der Waals surface area contributed by atoms with E-state index in [-0.39, 0.29) is 5.91 Å². The van der Waals surface area contributed by atoms with Crippen molar-refractivity contribution in [2.75, 3.05) is 21.3 Å². The van der Waals surface area contributed by atoms with Crippen LogP contribution in [-0.2, 0) is 11.3 Å². The minimum atomic E-state index is -0.0817. The first-order valence-electron chi connectivity index (χ1n) is 7.33. The number of amides is 1. The van der Waals surface area contributed by atoms with Gasteiger partial charge in [-0.05, 0) is 18.2 Å². The first-order chi connectivity index (χ1) is 11.2. The summed E-state index contributed by atoms with van der Waals surface area (Å²) in [5, 5.41) is 0. The molecule has 2 rings (SSSR count). The van der Waals surface area contributed by atoms with Crippen molar-refractivity contribution >= 4 is 12.0 Å². The van der Waals surface area contributed by atoms with Crippen LogP contribution in [0.25, 0.3) is 6.08 Å². The van der Waals surface area contributed by atoms with E-state index < -0.39 is 0 Å². The Bertz CT molecular complexity index is 695. The molecule has 0 unspecified atom stereocenters. The number of hydrogen-bond donors (Lipinski definition) is 0. The molecule has 0 saturated heterocycles. The highest BCUT2D eigenvalue weighted by Gasteiger charge is 2.09. The van der Waals surface area contributed by atoms with Crippen molar-refractivity contribution in [1.29, 1.82) is 0 Å². The third-order valence-electron chi connectivity index (χ3n) is 3.52. The standard InChI is InChI=1S/C19H21NO3/c1-20(14-16-9-5-7-11-18(16)23-3)19(21)13-12-15-8-4-6-10-17(15)22-2/h4-13H,14H2,1-3H3/b13-12+. The molecule has 0 aliphatic rings. The normalized spacial score (nSPS) is 10.6. The van der Waals surface area contributed by atoms with Crippen LogP contribution in [0.1, 0.15) is 11.1 Å². The largest absolute Gasteiger partial charge is 0.496 e. The molecule has 0 N–H and O–H groups in total. The number of hydrogen-bond acceptors (Lipinski definition) is 3. The highest BCUT2D eigenvalue weighted by Crippen LogP contribution is 2.20. The van der Waals surface area contributed by atoms with Gasteiger partial charge in [-0.1, -0.05) is 36.4 Å². The van der Waals surface area contributed by atoms with Gasteiger partial charge in [-0.3, -0.25) is 4.79 Å². The molecule has 1 amide bonds. The van der Waals surface area contributed by atoms with Gasteiger partial charge < -0.3 is 14.4 Å². The lowest BCUT2D eigenvalue weighted by Gasteiger charge is -2.17. The lowest BCUT2D eigenvalue weighted by molar-refractivity contribution is -0.125. The van der Waals surface area contributed by atoms with E-state index in [0.29, 0.717) is 6.54 Å². The van der Waals surface area contributed by atoms with Gasteiger partial charge in [0.25, 0.3) is 0 Å². The van der Waals surface area contributed by atoms with Crippen LogP contribution in [0.3, 0.4) is 0 Å². The van der Waals surface area contributed by atoms with Crippen LogP contribution in [0.15, 0.2) is 54.6 Å². The predicted octanol–water partition coefficient (Wildman–Crippen LogP) is 3.38. The summed E-state index contributed by atoms with van der Waals surface area (Å²) in [6, 6.07) is 15.3. The van der Waals surface area contributed by atoms with E-state index in [1.54, 1.807) is 38.3 Å². The number of carbonyl (C=O) groups excluding carboxylic acids is 1. The fourth-order valence-corrected chi connectivity index (χ4v) is 2.26. The molecular formula is C19H21NO3. The van der Waals surface area contributed by atoms with Crippen molar-refractivity contribution in [2.45, 2.75) is 6.54 Å². The maximum atomic E-state index is 12.3. The molecule has 0 aromatic heterocycles. The first kappa shape index (κ1) is 16.6. The Morgan fingerprint density at radius 2 is 1.61 bits per heavy atom. The van der Waals surface area contributed by atoms with Gasteiger partial charge >= 0.3 is 0 Å². The Morgan fingerprint density at radius 1 is 1.00 bits per heavy atom. The number of ether oxygens (including phenoxy) is 2. The van der Waals surface area contributed by atoms with E-state index in [1.807, 2.05) is 48.5 Å². The molecule has 2 aromatic carbocycles. The smallest absolute Gasteiger partial charge is 0.246 e. The second-order valence-electron chi connectivity index (χ2n) is 5.08. The molecule has 0 atom stereocenters. The van der Waals surface area contributed by atoms with Gasteiger partial charge in [0.1, 0.15) is 11.5 Å². The second kappa shape index (κ2) is 8.03. The minimum absolute atomic E-state index is 0.0817. The third-order valence-corrected chi connectivity index (χ3v) is 3.52. The van der Waals surface area contributed by atoms with Crippen LogP contribution in [0, 0.1) is 0 Å². The Morgan fingerprint density at radius 3 is 2.30 bits per heavy atom. The SMILES string of the molecule is COc1ccccc1/C=C/C(=O)N(C)Cc1ccccc1OC. The molecule has 4 nitrogen and oxygen atoms in total. The summed E-state index contributed by atoms with van der Waals surface area (Å²) in [5.41, 5.74) is 1.84. The average Bonchev–Trinajstić information content (AvgIpc) is 2.60. The molecule has 0 aliphatic carbocycles. The van der Waals surface area contributed by atoms with Crippen LogP contribution >= 0.6 is 0 Å². The van der Waals surface area contributed by atoms with E-state index in [0.717, 1.165) is 22.6 Å². The highest BCUT2D eigenvalue weighted by atomic mass is 16.5. The summed E-state index contributed by atoms with van der Waals surface area (Å²) in [5.74, 6) is 1.44. The summed E-state index contributed by atoms with van der Waals surface area (Å²) < 4.78 is 10.6. The van der Waals surface area contributed by atoms with Gasteiger partial charge in [-0.25, -0.2) is 0 Å². The van der Waals surface area contributed by atoms with Crippen molar-refractivity contribution < 1.29 is 14.3 Å². The average molecular weight is 311 g/mol. The van der Waals surface area contributed by atoms with Crippen molar-refractivity contribution in [2.24, 2.45) is 0 Å². The molecular weight excluding hydrogens is 290 g/mol. The Kier molecular flexibility index (Phi) is 5.80. The predicted molar refractivity (Wildman–Crippen MR) is 91.5 cm³/mol. The fourth-order valence-electron chi connectivity index (χ4n) is 2.26. The van der Waals surface area contributed by atoms with Gasteiger partial charge in [0.2, 0.25) is 5.91 Å². The highest BCUT2D eigenvalue weighted by molar-refractivity contribution is 5.92. The maximum Gasteiger partial charge on any atom is 0.246 e. The van der Waals surface area contributed by atoms with Crippen LogP contribution in [0.2, 0.25) is 0 Å². The van der Waals surface area contributed by atoms with Gasteiger partial charge in [0.15, 0.2) is 0 Å². The zero-order valence-electron chi connectivity index (χ0n) is 13.7. The molecule has 120 valence electrons. The topological polar surface area (TPSA) is 38.8 Å². The fraction of sp³-hybridized carbons (Fsp3) is 0.211.